The molecule has 2 heterocycles. The third-order valence-corrected chi connectivity index (χ3v) is 4.29. The number of rotatable bonds is 3. The van der Waals surface area contributed by atoms with E-state index in [4.69, 9.17) is 4.74 Å². The Kier molecular flexibility index (Phi) is 4.52. The number of alkyl halides is 3. The van der Waals surface area contributed by atoms with Gasteiger partial charge in [0, 0.05) is 12.6 Å². The first-order chi connectivity index (χ1) is 14.1. The number of ether oxygens (including phenoxy) is 1. The van der Waals surface area contributed by atoms with Gasteiger partial charge < -0.3 is 9.30 Å². The van der Waals surface area contributed by atoms with Crippen molar-refractivity contribution in [3.8, 4) is 23.1 Å². The standard InChI is InChI=1S/C19H11F5N4O2/c1-28-15(9-5-7-10(20)8-6-9)25-14-16(28)26-18(27-17(14)29)30-12-4-2-3-11(13(12)21)19(22,23)24/h2-8H,1H3,(H,26,27,29). The molecule has 0 fully saturated rings. The van der Waals surface area contributed by atoms with Crippen LogP contribution in [0.15, 0.2) is 47.3 Å². The molecule has 0 amide bonds. The van der Waals surface area contributed by atoms with Gasteiger partial charge in [-0.1, -0.05) is 6.07 Å². The number of nitrogens with zero attached hydrogens (tertiary/aromatic N) is 3. The molecule has 2 aromatic heterocycles. The first-order valence-electron chi connectivity index (χ1n) is 8.41. The molecule has 154 valence electrons. The van der Waals surface area contributed by atoms with E-state index >= 15 is 0 Å². The van der Waals surface area contributed by atoms with Crippen molar-refractivity contribution >= 4 is 11.2 Å². The molecule has 0 aliphatic rings. The van der Waals surface area contributed by atoms with Gasteiger partial charge in [0.25, 0.3) is 5.56 Å². The molecule has 0 saturated carbocycles. The molecule has 4 rings (SSSR count). The van der Waals surface area contributed by atoms with E-state index in [0.717, 1.165) is 12.1 Å². The van der Waals surface area contributed by atoms with E-state index < -0.39 is 40.7 Å². The van der Waals surface area contributed by atoms with E-state index in [1.54, 1.807) is 0 Å². The summed E-state index contributed by atoms with van der Waals surface area (Å²) in [7, 11) is 1.54. The number of aryl methyl sites for hydroxylation is 1. The summed E-state index contributed by atoms with van der Waals surface area (Å²) in [6, 6.07) is 7.35. The van der Waals surface area contributed by atoms with E-state index in [1.807, 2.05) is 0 Å². The number of fused-ring (bicyclic) bond motifs is 1. The Morgan fingerprint density at radius 2 is 1.73 bits per heavy atom. The topological polar surface area (TPSA) is 72.8 Å². The molecule has 0 aliphatic carbocycles. The maximum absolute atomic E-state index is 14.2. The highest BCUT2D eigenvalue weighted by Gasteiger charge is 2.35. The highest BCUT2D eigenvalue weighted by molar-refractivity contribution is 5.76. The van der Waals surface area contributed by atoms with Crippen LogP contribution < -0.4 is 10.3 Å². The summed E-state index contributed by atoms with van der Waals surface area (Å²) >= 11 is 0. The number of H-pyrrole nitrogens is 1. The van der Waals surface area contributed by atoms with E-state index in [0.29, 0.717) is 17.5 Å². The number of nitrogens with one attached hydrogen (secondary N) is 1. The molecule has 0 spiro atoms. The van der Waals surface area contributed by atoms with Crippen molar-refractivity contribution in [1.82, 2.24) is 19.5 Å². The van der Waals surface area contributed by atoms with Gasteiger partial charge in [-0.2, -0.15) is 18.2 Å². The maximum Gasteiger partial charge on any atom is 0.419 e. The van der Waals surface area contributed by atoms with Gasteiger partial charge >= 0.3 is 12.2 Å². The second-order valence-corrected chi connectivity index (χ2v) is 6.26. The fraction of sp³-hybridized carbons (Fsp3) is 0.105. The molecule has 1 N–H and O–H groups in total. The number of imidazole rings is 1. The summed E-state index contributed by atoms with van der Waals surface area (Å²) in [4.78, 5) is 22.8. The zero-order valence-electron chi connectivity index (χ0n) is 15.1. The lowest BCUT2D eigenvalue weighted by Crippen LogP contribution is -2.12. The molecule has 0 radical (unpaired) electrons. The average Bonchev–Trinajstić information content (AvgIpc) is 3.01. The van der Waals surface area contributed by atoms with Crippen molar-refractivity contribution in [3.63, 3.8) is 0 Å². The van der Waals surface area contributed by atoms with Crippen LogP contribution in [0.25, 0.3) is 22.6 Å². The van der Waals surface area contributed by atoms with Gasteiger partial charge in [-0.05, 0) is 36.4 Å². The van der Waals surface area contributed by atoms with E-state index in [2.05, 4.69) is 15.0 Å². The number of aromatic nitrogens is 4. The minimum atomic E-state index is -4.92. The molecule has 0 bridgehead atoms. The van der Waals surface area contributed by atoms with E-state index in [1.165, 1.54) is 35.9 Å². The average molecular weight is 422 g/mol. The van der Waals surface area contributed by atoms with Crippen molar-refractivity contribution in [2.45, 2.75) is 6.18 Å². The zero-order valence-corrected chi connectivity index (χ0v) is 15.1. The lowest BCUT2D eigenvalue weighted by Gasteiger charge is -2.11. The molecule has 0 aliphatic heterocycles. The lowest BCUT2D eigenvalue weighted by atomic mass is 10.2. The van der Waals surface area contributed by atoms with Crippen molar-refractivity contribution < 1.29 is 26.7 Å². The number of benzene rings is 2. The Balaban J connectivity index is 1.78. The van der Waals surface area contributed by atoms with Gasteiger partial charge in [0.15, 0.2) is 22.7 Å². The number of hydrogen-bond acceptors (Lipinski definition) is 4. The van der Waals surface area contributed by atoms with Crippen LogP contribution >= 0.6 is 0 Å². The summed E-state index contributed by atoms with van der Waals surface area (Å²) in [5, 5.41) is 0. The molecule has 2 aromatic carbocycles. The predicted molar refractivity (Wildman–Crippen MR) is 96.0 cm³/mol. The summed E-state index contributed by atoms with van der Waals surface area (Å²) in [5.41, 5.74) is -1.79. The highest BCUT2D eigenvalue weighted by Crippen LogP contribution is 2.35. The zero-order chi connectivity index (χ0) is 21.6. The van der Waals surface area contributed by atoms with Crippen LogP contribution in [0.3, 0.4) is 0 Å². The van der Waals surface area contributed by atoms with Crippen LogP contribution in [0.2, 0.25) is 0 Å². The summed E-state index contributed by atoms with van der Waals surface area (Å²) in [6.07, 6.45) is -4.92. The first kappa shape index (κ1) is 19.6. The molecule has 4 aromatic rings. The summed E-state index contributed by atoms with van der Waals surface area (Å²) < 4.78 is 72.5. The largest absolute Gasteiger partial charge is 0.422 e. The van der Waals surface area contributed by atoms with Crippen LogP contribution in [-0.2, 0) is 13.2 Å². The smallest absolute Gasteiger partial charge is 0.419 e. The van der Waals surface area contributed by atoms with Gasteiger partial charge in [0.2, 0.25) is 0 Å². The molecular weight excluding hydrogens is 411 g/mol. The van der Waals surface area contributed by atoms with Crippen molar-refractivity contribution in [3.05, 3.63) is 70.0 Å². The summed E-state index contributed by atoms with van der Waals surface area (Å²) in [6.45, 7) is 0. The van der Waals surface area contributed by atoms with Crippen LogP contribution in [0, 0.1) is 11.6 Å². The third kappa shape index (κ3) is 3.38. The Morgan fingerprint density at radius 3 is 2.40 bits per heavy atom. The molecule has 0 unspecified atom stereocenters. The molecule has 0 atom stereocenters. The fourth-order valence-electron chi connectivity index (χ4n) is 2.87. The van der Waals surface area contributed by atoms with Gasteiger partial charge in [-0.25, -0.2) is 13.8 Å². The lowest BCUT2D eigenvalue weighted by molar-refractivity contribution is -0.140. The van der Waals surface area contributed by atoms with Crippen LogP contribution in [0.4, 0.5) is 22.0 Å². The Morgan fingerprint density at radius 1 is 1.03 bits per heavy atom. The van der Waals surface area contributed by atoms with E-state index in [-0.39, 0.29) is 11.2 Å². The highest BCUT2D eigenvalue weighted by atomic mass is 19.4. The second-order valence-electron chi connectivity index (χ2n) is 6.26. The monoisotopic (exact) mass is 422 g/mol. The number of aromatic amines is 1. The third-order valence-electron chi connectivity index (χ3n) is 4.29. The minimum Gasteiger partial charge on any atom is -0.422 e. The maximum atomic E-state index is 14.2. The number of halogens is 5. The first-order valence-corrected chi connectivity index (χ1v) is 8.41. The number of hydrogen-bond donors (Lipinski definition) is 1. The van der Waals surface area contributed by atoms with Gasteiger partial charge in [0.05, 0.1) is 5.56 Å². The predicted octanol–water partition coefficient (Wildman–Crippen LogP) is 4.41. The quantitative estimate of drug-likeness (QED) is 0.497. The van der Waals surface area contributed by atoms with Gasteiger partial charge in [-0.15, -0.1) is 0 Å². The molecule has 11 heteroatoms. The Bertz CT molecular complexity index is 1310. The molecule has 0 saturated heterocycles. The normalized spacial score (nSPS) is 11.8. The molecular formula is C19H11F5N4O2. The van der Waals surface area contributed by atoms with E-state index in [9.17, 15) is 26.7 Å². The van der Waals surface area contributed by atoms with Crippen LogP contribution in [-0.4, -0.2) is 19.5 Å². The van der Waals surface area contributed by atoms with Gasteiger partial charge in [0.1, 0.15) is 11.6 Å². The van der Waals surface area contributed by atoms with Crippen molar-refractivity contribution in [2.75, 3.05) is 0 Å². The van der Waals surface area contributed by atoms with Gasteiger partial charge in [-0.3, -0.25) is 9.78 Å². The molecule has 30 heavy (non-hydrogen) atoms. The summed E-state index contributed by atoms with van der Waals surface area (Å²) in [5.74, 6) is -2.55. The Hall–Kier alpha value is -3.76. The second kappa shape index (κ2) is 6.94. The van der Waals surface area contributed by atoms with Crippen LogP contribution in [0.1, 0.15) is 5.56 Å². The van der Waals surface area contributed by atoms with Crippen molar-refractivity contribution in [1.29, 1.82) is 0 Å². The van der Waals surface area contributed by atoms with Crippen molar-refractivity contribution in [2.24, 2.45) is 7.05 Å². The van der Waals surface area contributed by atoms with Crippen LogP contribution in [0.5, 0.6) is 11.8 Å². The minimum absolute atomic E-state index is 0.0421. The molecule has 6 nitrogen and oxygen atoms in total. The SMILES string of the molecule is Cn1c(-c2ccc(F)cc2)nc2c(=O)[nH]c(Oc3cccc(C(F)(F)F)c3F)nc21. The fourth-order valence-corrected chi connectivity index (χ4v) is 2.87. The Labute approximate surface area is 164 Å².